The predicted octanol–water partition coefficient (Wildman–Crippen LogP) is 7.37. The summed E-state index contributed by atoms with van der Waals surface area (Å²) in [5.74, 6) is -1.17. The lowest BCUT2D eigenvalue weighted by molar-refractivity contribution is -0.138. The zero-order chi connectivity index (χ0) is 30.2. The molecular weight excluding hydrogens is 600 g/mol. The van der Waals surface area contributed by atoms with Gasteiger partial charge in [0.2, 0.25) is 0 Å². The Kier molecular flexibility index (Phi) is 8.33. The first-order chi connectivity index (χ1) is 19.1. The second-order valence-electron chi connectivity index (χ2n) is 8.99. The minimum atomic E-state index is -4.82. The van der Waals surface area contributed by atoms with Crippen molar-refractivity contribution in [2.75, 3.05) is 10.8 Å². The van der Waals surface area contributed by atoms with Crippen LogP contribution in [-0.2, 0) is 27.2 Å². The number of hydrogen-bond donors (Lipinski definition) is 1. The van der Waals surface area contributed by atoms with Crippen LogP contribution in [0.5, 0.6) is 5.75 Å². The zero-order valence-corrected chi connectivity index (χ0v) is 22.3. The number of ether oxygens (including phenoxy) is 1. The summed E-state index contributed by atoms with van der Waals surface area (Å²) in [4.78, 5) is 10.4. The molecule has 1 atom stereocenters. The van der Waals surface area contributed by atoms with Crippen molar-refractivity contribution in [3.8, 4) is 5.75 Å². The Bertz CT molecular complexity index is 1600. The molecular formula is C27H20ClF6NO5S. The number of sulfonamides is 1. The molecule has 0 aliphatic carbocycles. The number of hydrogen-bond acceptors (Lipinski definition) is 4. The molecule has 3 aromatic rings. The van der Waals surface area contributed by atoms with Gasteiger partial charge in [-0.15, -0.1) is 0 Å². The van der Waals surface area contributed by atoms with E-state index < -0.39 is 57.0 Å². The van der Waals surface area contributed by atoms with Crippen molar-refractivity contribution in [2.45, 2.75) is 36.2 Å². The van der Waals surface area contributed by atoms with Crippen LogP contribution in [0.25, 0.3) is 12.2 Å². The molecule has 41 heavy (non-hydrogen) atoms. The fourth-order valence-electron chi connectivity index (χ4n) is 4.19. The van der Waals surface area contributed by atoms with Crippen molar-refractivity contribution < 1.29 is 49.4 Å². The van der Waals surface area contributed by atoms with Gasteiger partial charge in [0.1, 0.15) is 11.9 Å². The number of halogens is 7. The summed E-state index contributed by atoms with van der Waals surface area (Å²) in [5.41, 5.74) is -2.36. The molecule has 1 unspecified atom stereocenters. The minimum Gasteiger partial charge on any atom is -0.486 e. The quantitative estimate of drug-likeness (QED) is 0.221. The molecule has 1 aliphatic rings. The Hall–Kier alpha value is -3.71. The van der Waals surface area contributed by atoms with E-state index in [4.69, 9.17) is 21.4 Å². The van der Waals surface area contributed by atoms with E-state index >= 15 is 0 Å². The first kappa shape index (κ1) is 30.3. The average molecular weight is 620 g/mol. The van der Waals surface area contributed by atoms with Gasteiger partial charge in [0.25, 0.3) is 10.0 Å². The number of nitrogens with zero attached hydrogens (tertiary/aromatic N) is 1. The highest BCUT2D eigenvalue weighted by atomic mass is 35.5. The fraction of sp³-hybridized carbons (Fsp3) is 0.222. The molecule has 6 nitrogen and oxygen atoms in total. The molecule has 0 saturated carbocycles. The van der Waals surface area contributed by atoms with Crippen molar-refractivity contribution in [3.05, 3.63) is 87.9 Å². The number of carboxylic acids is 1. The van der Waals surface area contributed by atoms with Gasteiger partial charge in [-0.25, -0.2) is 8.42 Å². The normalized spacial score (nSPS) is 16.0. The first-order valence-electron chi connectivity index (χ1n) is 11.8. The number of carboxylic acid groups (broad SMARTS) is 1. The van der Waals surface area contributed by atoms with Crippen molar-refractivity contribution in [3.63, 3.8) is 0 Å². The molecule has 1 aliphatic heterocycles. The average Bonchev–Trinajstić information content (AvgIpc) is 2.89. The molecule has 0 amide bonds. The van der Waals surface area contributed by atoms with E-state index in [2.05, 4.69) is 0 Å². The van der Waals surface area contributed by atoms with Crippen LogP contribution in [0.2, 0.25) is 5.02 Å². The number of fused-ring (bicyclic) bond motifs is 1. The maximum atomic E-state index is 13.6. The van der Waals surface area contributed by atoms with Gasteiger partial charge in [-0.1, -0.05) is 42.0 Å². The number of alkyl halides is 6. The summed E-state index contributed by atoms with van der Waals surface area (Å²) >= 11 is 6.00. The molecule has 1 N–H and O–H groups in total. The number of aliphatic carboxylic acids is 1. The Morgan fingerprint density at radius 2 is 1.71 bits per heavy atom. The van der Waals surface area contributed by atoms with E-state index in [0.29, 0.717) is 6.07 Å². The van der Waals surface area contributed by atoms with E-state index in [0.717, 1.165) is 40.7 Å². The second kappa shape index (κ2) is 11.3. The third-order valence-corrected chi connectivity index (χ3v) is 8.25. The van der Waals surface area contributed by atoms with Crippen LogP contribution in [0.1, 0.15) is 35.1 Å². The Labute approximate surface area is 235 Å². The molecule has 1 heterocycles. The maximum absolute atomic E-state index is 13.6. The standard InChI is InChI=1S/C27H20ClF6NO5S/c28-22-6-2-5-21(27(32,33)34)20(22)10-7-16-8-11-24-23(13-16)35(15-18(40-24)9-12-25(36)37)41(38,39)19-4-1-3-17(14-19)26(29,30)31/h1-8,10-11,13-14,18H,9,12,15H2,(H,36,37). The summed E-state index contributed by atoms with van der Waals surface area (Å²) in [5, 5.41) is 8.87. The first-order valence-corrected chi connectivity index (χ1v) is 13.7. The molecule has 0 bridgehead atoms. The zero-order valence-electron chi connectivity index (χ0n) is 20.7. The molecule has 0 aromatic heterocycles. The summed E-state index contributed by atoms with van der Waals surface area (Å²) in [6.07, 6.45) is -8.55. The van der Waals surface area contributed by atoms with E-state index in [1.807, 2.05) is 0 Å². The van der Waals surface area contributed by atoms with E-state index in [-0.39, 0.29) is 40.4 Å². The Morgan fingerprint density at radius 1 is 1.00 bits per heavy atom. The highest BCUT2D eigenvalue weighted by Gasteiger charge is 2.37. The number of carbonyl (C=O) groups is 1. The van der Waals surface area contributed by atoms with Crippen molar-refractivity contribution >= 4 is 45.4 Å². The predicted molar refractivity (Wildman–Crippen MR) is 139 cm³/mol. The van der Waals surface area contributed by atoms with E-state index in [9.17, 15) is 39.6 Å². The maximum Gasteiger partial charge on any atom is 0.417 e. The van der Waals surface area contributed by atoms with Gasteiger partial charge >= 0.3 is 18.3 Å². The number of rotatable bonds is 7. The van der Waals surface area contributed by atoms with Crippen molar-refractivity contribution in [2.24, 2.45) is 0 Å². The van der Waals surface area contributed by atoms with Crippen molar-refractivity contribution in [1.29, 1.82) is 0 Å². The number of anilines is 1. The summed E-state index contributed by atoms with van der Waals surface area (Å²) < 4.78 is 114. The smallest absolute Gasteiger partial charge is 0.417 e. The van der Waals surface area contributed by atoms with Gasteiger partial charge < -0.3 is 9.84 Å². The summed E-state index contributed by atoms with van der Waals surface area (Å²) in [7, 11) is -4.63. The highest BCUT2D eigenvalue weighted by Crippen LogP contribution is 2.41. The van der Waals surface area contributed by atoms with Crippen LogP contribution in [0, 0.1) is 0 Å². The highest BCUT2D eigenvalue weighted by molar-refractivity contribution is 7.92. The van der Waals surface area contributed by atoms with Gasteiger partial charge in [-0.3, -0.25) is 9.10 Å². The lowest BCUT2D eigenvalue weighted by Gasteiger charge is -2.35. The van der Waals surface area contributed by atoms with Gasteiger partial charge in [0.15, 0.2) is 0 Å². The van der Waals surface area contributed by atoms with E-state index in [1.165, 1.54) is 30.3 Å². The summed E-state index contributed by atoms with van der Waals surface area (Å²) in [6.45, 7) is -0.422. The topological polar surface area (TPSA) is 83.9 Å². The van der Waals surface area contributed by atoms with Crippen LogP contribution < -0.4 is 9.04 Å². The molecule has 3 aromatic carbocycles. The van der Waals surface area contributed by atoms with Crippen molar-refractivity contribution in [1.82, 2.24) is 0 Å². The lowest BCUT2D eigenvalue weighted by atomic mass is 10.0. The fourth-order valence-corrected chi connectivity index (χ4v) is 5.97. The summed E-state index contributed by atoms with van der Waals surface area (Å²) in [6, 6.07) is 10.5. The number of benzene rings is 3. The third kappa shape index (κ3) is 6.79. The minimum absolute atomic E-state index is 0.00642. The van der Waals surface area contributed by atoms with Gasteiger partial charge in [-0.05, 0) is 54.4 Å². The SMILES string of the molecule is O=C(O)CCC1CN(S(=O)(=O)c2cccc(C(F)(F)F)c2)c2cc(C=Cc3c(Cl)cccc3C(F)(F)F)ccc2O1. The monoisotopic (exact) mass is 619 g/mol. The molecule has 218 valence electrons. The van der Waals surface area contributed by atoms with Gasteiger partial charge in [-0.2, -0.15) is 26.3 Å². The van der Waals surface area contributed by atoms with Crippen LogP contribution in [-0.4, -0.2) is 32.1 Å². The second-order valence-corrected chi connectivity index (χ2v) is 11.3. The lowest BCUT2D eigenvalue weighted by Crippen LogP contribution is -2.43. The molecule has 0 radical (unpaired) electrons. The molecule has 0 fully saturated rings. The van der Waals surface area contributed by atoms with Crippen LogP contribution in [0.15, 0.2) is 65.6 Å². The van der Waals surface area contributed by atoms with Gasteiger partial charge in [0, 0.05) is 17.0 Å². The van der Waals surface area contributed by atoms with Crippen LogP contribution in [0.4, 0.5) is 32.0 Å². The Morgan fingerprint density at radius 3 is 2.37 bits per heavy atom. The van der Waals surface area contributed by atoms with Gasteiger partial charge in [0.05, 0.1) is 28.3 Å². The Balaban J connectivity index is 1.78. The van der Waals surface area contributed by atoms with E-state index in [1.54, 1.807) is 0 Å². The molecule has 14 heteroatoms. The molecule has 0 spiro atoms. The third-order valence-electron chi connectivity index (χ3n) is 6.15. The largest absolute Gasteiger partial charge is 0.486 e. The van der Waals surface area contributed by atoms with Crippen LogP contribution >= 0.6 is 11.6 Å². The van der Waals surface area contributed by atoms with Crippen LogP contribution in [0.3, 0.4) is 0 Å². The molecule has 0 saturated heterocycles. The molecule has 4 rings (SSSR count).